The van der Waals surface area contributed by atoms with Crippen LogP contribution in [0.3, 0.4) is 0 Å². The van der Waals surface area contributed by atoms with Crippen molar-refractivity contribution < 1.29 is 14.3 Å². The average molecular weight is 253 g/mol. The summed E-state index contributed by atoms with van der Waals surface area (Å²) in [4.78, 5) is 11.7. The second kappa shape index (κ2) is 5.31. The molecule has 3 atom stereocenters. The van der Waals surface area contributed by atoms with Crippen LogP contribution in [0.2, 0.25) is 0 Å². The third-order valence-corrected chi connectivity index (χ3v) is 3.39. The topological polar surface area (TPSA) is 47.6 Å². The van der Waals surface area contributed by atoms with E-state index in [-0.39, 0.29) is 12.1 Å². The Kier molecular flexibility index (Phi) is 3.95. The van der Waals surface area contributed by atoms with E-state index in [1.54, 1.807) is 0 Å². The van der Waals surface area contributed by atoms with E-state index in [0.29, 0.717) is 11.8 Å². The molecule has 0 aromatic carbocycles. The van der Waals surface area contributed by atoms with E-state index >= 15 is 0 Å². The predicted molar refractivity (Wildman–Crippen MR) is 69.3 cm³/mol. The van der Waals surface area contributed by atoms with Gasteiger partial charge in [0, 0.05) is 6.61 Å². The van der Waals surface area contributed by atoms with Gasteiger partial charge in [0.25, 0.3) is 0 Å². The number of hydrogen-bond donors (Lipinski definition) is 1. The summed E-state index contributed by atoms with van der Waals surface area (Å²) in [5, 5.41) is 2.90. The molecule has 1 aliphatic carbocycles. The molecule has 0 aromatic heterocycles. The van der Waals surface area contributed by atoms with Gasteiger partial charge < -0.3 is 14.8 Å². The summed E-state index contributed by atoms with van der Waals surface area (Å²) in [6.07, 6.45) is 6.05. The second-order valence-electron chi connectivity index (χ2n) is 6.16. The molecule has 18 heavy (non-hydrogen) atoms. The Balaban J connectivity index is 1.76. The van der Waals surface area contributed by atoms with E-state index in [1.165, 1.54) is 0 Å². The second-order valence-corrected chi connectivity index (χ2v) is 6.16. The third-order valence-electron chi connectivity index (χ3n) is 3.39. The zero-order chi connectivity index (χ0) is 13.2. The van der Waals surface area contributed by atoms with Crippen molar-refractivity contribution in [1.29, 1.82) is 0 Å². The van der Waals surface area contributed by atoms with Crippen molar-refractivity contribution in [2.24, 2.45) is 11.8 Å². The number of ether oxygens (including phenoxy) is 2. The number of allylic oxidation sites excluding steroid dienone is 1. The highest BCUT2D eigenvalue weighted by Crippen LogP contribution is 2.31. The molecular formula is C14H23NO3. The zero-order valence-electron chi connectivity index (χ0n) is 11.4. The number of hydrogen-bond acceptors (Lipinski definition) is 3. The van der Waals surface area contributed by atoms with Gasteiger partial charge in [-0.15, -0.1) is 0 Å². The van der Waals surface area contributed by atoms with Gasteiger partial charge in [-0.25, -0.2) is 4.79 Å². The summed E-state index contributed by atoms with van der Waals surface area (Å²) < 4.78 is 10.7. The molecule has 4 heteroatoms. The van der Waals surface area contributed by atoms with Crippen molar-refractivity contribution in [1.82, 2.24) is 5.32 Å². The van der Waals surface area contributed by atoms with E-state index in [2.05, 4.69) is 17.5 Å². The standard InChI is InChI=1S/C14H23NO3/c1-14(2,3)18-13(16)15-12-5-4-10(8-12)11-6-7-17-9-11/h4-5,10-12H,6-9H2,1-3H3,(H,15,16)/t10-,11-,12+/m0/s1. The van der Waals surface area contributed by atoms with Crippen LogP contribution < -0.4 is 5.32 Å². The first-order chi connectivity index (χ1) is 8.44. The molecule has 1 N–H and O–H groups in total. The Morgan fingerprint density at radius 3 is 2.78 bits per heavy atom. The molecule has 4 nitrogen and oxygen atoms in total. The van der Waals surface area contributed by atoms with Gasteiger partial charge in [0.2, 0.25) is 0 Å². The Morgan fingerprint density at radius 1 is 1.39 bits per heavy atom. The molecule has 2 aliphatic rings. The highest BCUT2D eigenvalue weighted by Gasteiger charge is 2.30. The van der Waals surface area contributed by atoms with Crippen LogP contribution in [0.4, 0.5) is 4.79 Å². The SMILES string of the molecule is CC(C)(C)OC(=O)N[C@@H]1C=C[C@H]([C@H]2CCOC2)C1. The van der Waals surface area contributed by atoms with Gasteiger partial charge in [0.05, 0.1) is 12.6 Å². The first-order valence-corrected chi connectivity index (χ1v) is 6.69. The molecule has 0 saturated carbocycles. The number of carbonyl (C=O) groups is 1. The van der Waals surface area contributed by atoms with E-state index in [0.717, 1.165) is 26.1 Å². The Morgan fingerprint density at radius 2 is 2.17 bits per heavy atom. The lowest BCUT2D eigenvalue weighted by Crippen LogP contribution is -2.38. The van der Waals surface area contributed by atoms with Crippen LogP contribution >= 0.6 is 0 Å². The van der Waals surface area contributed by atoms with Gasteiger partial charge in [-0.05, 0) is 45.4 Å². The number of nitrogens with one attached hydrogen (secondary N) is 1. The number of carbonyl (C=O) groups excluding carboxylic acids is 1. The fourth-order valence-corrected chi connectivity index (χ4v) is 2.53. The normalized spacial score (nSPS) is 31.6. The molecule has 0 radical (unpaired) electrons. The van der Waals surface area contributed by atoms with Gasteiger partial charge in [-0.3, -0.25) is 0 Å². The molecule has 1 heterocycles. The van der Waals surface area contributed by atoms with Crippen molar-refractivity contribution in [2.75, 3.05) is 13.2 Å². The van der Waals surface area contributed by atoms with Crippen LogP contribution in [0.25, 0.3) is 0 Å². The smallest absolute Gasteiger partial charge is 0.408 e. The van der Waals surface area contributed by atoms with Gasteiger partial charge in [0.15, 0.2) is 0 Å². The summed E-state index contributed by atoms with van der Waals surface area (Å²) >= 11 is 0. The number of alkyl carbamates (subject to hydrolysis) is 1. The maximum atomic E-state index is 11.7. The Bertz CT molecular complexity index is 326. The van der Waals surface area contributed by atoms with Crippen molar-refractivity contribution in [3.63, 3.8) is 0 Å². The fraction of sp³-hybridized carbons (Fsp3) is 0.786. The quantitative estimate of drug-likeness (QED) is 0.769. The zero-order valence-corrected chi connectivity index (χ0v) is 11.4. The summed E-state index contributed by atoms with van der Waals surface area (Å²) in [6.45, 7) is 7.34. The van der Waals surface area contributed by atoms with E-state index in [9.17, 15) is 4.79 Å². The molecule has 1 amide bonds. The predicted octanol–water partition coefficient (Wildman–Crippen LogP) is 2.49. The van der Waals surface area contributed by atoms with Gasteiger partial charge in [-0.1, -0.05) is 12.2 Å². The summed E-state index contributed by atoms with van der Waals surface area (Å²) in [6, 6.07) is 0.102. The lowest BCUT2D eigenvalue weighted by molar-refractivity contribution is 0.0511. The van der Waals surface area contributed by atoms with E-state index < -0.39 is 5.60 Å². The molecule has 1 saturated heterocycles. The molecule has 0 aromatic rings. The van der Waals surface area contributed by atoms with Crippen molar-refractivity contribution in [3.8, 4) is 0 Å². The van der Waals surface area contributed by atoms with Crippen LogP contribution in [0.15, 0.2) is 12.2 Å². The molecule has 0 spiro atoms. The van der Waals surface area contributed by atoms with E-state index in [4.69, 9.17) is 9.47 Å². The van der Waals surface area contributed by atoms with Crippen molar-refractivity contribution in [2.45, 2.75) is 45.3 Å². The number of rotatable bonds is 2. The first kappa shape index (κ1) is 13.4. The van der Waals surface area contributed by atoms with Crippen LogP contribution in [-0.4, -0.2) is 30.9 Å². The molecule has 1 fully saturated rings. The summed E-state index contributed by atoms with van der Waals surface area (Å²) in [5.74, 6) is 1.15. The lowest BCUT2D eigenvalue weighted by Gasteiger charge is -2.22. The molecule has 2 rings (SSSR count). The molecule has 0 unspecified atom stereocenters. The highest BCUT2D eigenvalue weighted by atomic mass is 16.6. The molecule has 102 valence electrons. The monoisotopic (exact) mass is 253 g/mol. The minimum Gasteiger partial charge on any atom is -0.444 e. The Labute approximate surface area is 109 Å². The maximum absolute atomic E-state index is 11.7. The van der Waals surface area contributed by atoms with Crippen LogP contribution in [0, 0.1) is 11.8 Å². The van der Waals surface area contributed by atoms with Crippen LogP contribution in [0.1, 0.15) is 33.6 Å². The minimum atomic E-state index is -0.439. The molecule has 0 bridgehead atoms. The molecular weight excluding hydrogens is 230 g/mol. The van der Waals surface area contributed by atoms with Crippen LogP contribution in [-0.2, 0) is 9.47 Å². The fourth-order valence-electron chi connectivity index (χ4n) is 2.53. The largest absolute Gasteiger partial charge is 0.444 e. The third kappa shape index (κ3) is 3.73. The molecule has 1 aliphatic heterocycles. The summed E-state index contributed by atoms with van der Waals surface area (Å²) in [5.41, 5.74) is -0.439. The first-order valence-electron chi connectivity index (χ1n) is 6.69. The van der Waals surface area contributed by atoms with Crippen LogP contribution in [0.5, 0.6) is 0 Å². The highest BCUT2D eigenvalue weighted by molar-refractivity contribution is 5.68. The van der Waals surface area contributed by atoms with Crippen molar-refractivity contribution >= 4 is 6.09 Å². The number of amides is 1. The van der Waals surface area contributed by atoms with Gasteiger partial charge in [-0.2, -0.15) is 0 Å². The van der Waals surface area contributed by atoms with Gasteiger partial charge in [0.1, 0.15) is 5.60 Å². The average Bonchev–Trinajstić information content (AvgIpc) is 2.82. The minimum absolute atomic E-state index is 0.102. The Hall–Kier alpha value is -1.03. The maximum Gasteiger partial charge on any atom is 0.408 e. The van der Waals surface area contributed by atoms with Gasteiger partial charge >= 0.3 is 6.09 Å². The van der Waals surface area contributed by atoms with E-state index in [1.807, 2.05) is 20.8 Å². The summed E-state index contributed by atoms with van der Waals surface area (Å²) in [7, 11) is 0. The van der Waals surface area contributed by atoms with Crippen molar-refractivity contribution in [3.05, 3.63) is 12.2 Å². The lowest BCUT2D eigenvalue weighted by atomic mass is 9.91.